The molecular formula is C34H29BrN2O4. The van der Waals surface area contributed by atoms with Crippen LogP contribution in [0.2, 0.25) is 0 Å². The first-order valence-electron chi connectivity index (χ1n) is 14.3. The van der Waals surface area contributed by atoms with E-state index >= 15 is 0 Å². The molecule has 206 valence electrons. The van der Waals surface area contributed by atoms with Gasteiger partial charge in [0.05, 0.1) is 0 Å². The molecule has 2 unspecified atom stereocenters. The summed E-state index contributed by atoms with van der Waals surface area (Å²) < 4.78 is 0.739. The molecule has 2 aliphatic heterocycles. The van der Waals surface area contributed by atoms with Gasteiger partial charge in [-0.3, -0.25) is 29.0 Å². The van der Waals surface area contributed by atoms with Crippen LogP contribution in [0.25, 0.3) is 43.1 Å². The summed E-state index contributed by atoms with van der Waals surface area (Å²) in [5, 5.41) is 6.57. The minimum Gasteiger partial charge on any atom is -0.274 e. The van der Waals surface area contributed by atoms with Gasteiger partial charge >= 0.3 is 0 Å². The molecule has 0 fully saturated rings. The maximum Gasteiger partial charge on any atom is 0.261 e. The third-order valence-electron chi connectivity index (χ3n) is 9.24. The zero-order chi connectivity index (χ0) is 28.9. The second-order valence-corrected chi connectivity index (χ2v) is 12.6. The van der Waals surface area contributed by atoms with Crippen molar-refractivity contribution in [3.63, 3.8) is 0 Å². The Morgan fingerprint density at radius 2 is 0.976 bits per heavy atom. The van der Waals surface area contributed by atoms with Crippen molar-refractivity contribution in [3.05, 3.63) is 69.2 Å². The molecule has 2 atom stereocenters. The lowest BCUT2D eigenvalue weighted by Gasteiger charge is -2.31. The van der Waals surface area contributed by atoms with Gasteiger partial charge in [-0.1, -0.05) is 74.7 Å². The van der Waals surface area contributed by atoms with Gasteiger partial charge in [-0.2, -0.15) is 0 Å². The number of imide groups is 2. The van der Waals surface area contributed by atoms with Gasteiger partial charge in [-0.05, 0) is 57.6 Å². The standard InChI is InChI=1S/C34H29BrN2O4/c1-5-16(3)14-36-31(38)21-10-7-18-19-8-11-23-28-24(34(41)37(33(23)40)15-17(4)6-2)13-25(35)29(30(19)28)20-9-12-22(32(36)39)27(21)26(18)20/h7-13,16-17H,5-6,14-15H2,1-4H3. The molecule has 0 radical (unpaired) electrons. The normalized spacial score (nSPS) is 16.7. The lowest BCUT2D eigenvalue weighted by molar-refractivity contribution is 0.0572. The van der Waals surface area contributed by atoms with E-state index in [4.69, 9.17) is 0 Å². The molecule has 0 aliphatic carbocycles. The summed E-state index contributed by atoms with van der Waals surface area (Å²) in [6, 6.07) is 13.1. The van der Waals surface area contributed by atoms with Gasteiger partial charge < -0.3 is 0 Å². The highest BCUT2D eigenvalue weighted by Gasteiger charge is 2.37. The Morgan fingerprint density at radius 3 is 1.46 bits per heavy atom. The van der Waals surface area contributed by atoms with Gasteiger partial charge in [0.2, 0.25) is 0 Å². The zero-order valence-electron chi connectivity index (χ0n) is 23.4. The Balaban J connectivity index is 1.55. The fraction of sp³-hybridized carbons (Fsp3) is 0.294. The van der Waals surface area contributed by atoms with Gasteiger partial charge in [0.1, 0.15) is 0 Å². The zero-order valence-corrected chi connectivity index (χ0v) is 25.0. The van der Waals surface area contributed by atoms with Crippen LogP contribution in [0.5, 0.6) is 0 Å². The number of rotatable bonds is 6. The highest BCUT2D eigenvalue weighted by atomic mass is 79.9. The fourth-order valence-corrected chi connectivity index (χ4v) is 7.27. The molecule has 7 rings (SSSR count). The Bertz CT molecular complexity index is 1990. The van der Waals surface area contributed by atoms with E-state index < -0.39 is 0 Å². The van der Waals surface area contributed by atoms with Crippen molar-refractivity contribution in [2.24, 2.45) is 11.8 Å². The van der Waals surface area contributed by atoms with Crippen LogP contribution >= 0.6 is 15.9 Å². The number of nitrogens with zero attached hydrogens (tertiary/aromatic N) is 2. The van der Waals surface area contributed by atoms with Crippen LogP contribution in [0.4, 0.5) is 0 Å². The van der Waals surface area contributed by atoms with E-state index in [0.29, 0.717) is 46.1 Å². The van der Waals surface area contributed by atoms with Crippen molar-refractivity contribution in [2.45, 2.75) is 40.5 Å². The molecule has 0 aromatic heterocycles. The Hall–Kier alpha value is -3.84. The summed E-state index contributed by atoms with van der Waals surface area (Å²) >= 11 is 3.77. The molecule has 0 saturated heterocycles. The fourth-order valence-electron chi connectivity index (χ4n) is 6.63. The smallest absolute Gasteiger partial charge is 0.261 e. The van der Waals surface area contributed by atoms with Crippen LogP contribution in [-0.4, -0.2) is 46.5 Å². The summed E-state index contributed by atoms with van der Waals surface area (Å²) in [6.45, 7) is 8.95. The van der Waals surface area contributed by atoms with Gasteiger partial charge in [0, 0.05) is 61.4 Å². The molecule has 5 aromatic carbocycles. The number of hydrogen-bond acceptors (Lipinski definition) is 4. The number of amides is 4. The van der Waals surface area contributed by atoms with E-state index in [1.54, 1.807) is 0 Å². The summed E-state index contributed by atoms with van der Waals surface area (Å²) in [5.41, 5.74) is 2.09. The number of carbonyl (C=O) groups is 4. The second-order valence-electron chi connectivity index (χ2n) is 11.7. The predicted octanol–water partition coefficient (Wildman–Crippen LogP) is 7.78. The van der Waals surface area contributed by atoms with E-state index in [-0.39, 0.29) is 35.5 Å². The van der Waals surface area contributed by atoms with Crippen LogP contribution in [0.15, 0.2) is 46.9 Å². The third-order valence-corrected chi connectivity index (χ3v) is 9.86. The topological polar surface area (TPSA) is 74.8 Å². The SMILES string of the molecule is CCC(C)CN1C(=O)c2ccc3c4ccc5c6c(cc(Br)c(c7ccc(c2c37)C1=O)c64)C(=O)N(CC(C)CC)C5=O. The number of fused-ring (bicyclic) bond motifs is 2. The average molecular weight is 610 g/mol. The van der Waals surface area contributed by atoms with Gasteiger partial charge in [0.25, 0.3) is 23.6 Å². The first-order valence-corrected chi connectivity index (χ1v) is 15.1. The highest BCUT2D eigenvalue weighted by molar-refractivity contribution is 9.10. The van der Waals surface area contributed by atoms with Gasteiger partial charge in [-0.15, -0.1) is 0 Å². The molecule has 0 spiro atoms. The molecule has 2 aliphatic rings. The molecule has 5 aromatic rings. The van der Waals surface area contributed by atoms with Crippen molar-refractivity contribution < 1.29 is 19.2 Å². The van der Waals surface area contributed by atoms with Gasteiger partial charge in [-0.25, -0.2) is 0 Å². The van der Waals surface area contributed by atoms with E-state index in [0.717, 1.165) is 49.6 Å². The van der Waals surface area contributed by atoms with Crippen LogP contribution in [0.1, 0.15) is 82.0 Å². The average Bonchev–Trinajstić information content (AvgIpc) is 2.98. The first-order chi connectivity index (χ1) is 19.7. The van der Waals surface area contributed by atoms with Crippen LogP contribution in [0.3, 0.4) is 0 Å². The third kappa shape index (κ3) is 3.41. The van der Waals surface area contributed by atoms with E-state index in [1.807, 2.05) is 56.3 Å². The molecular weight excluding hydrogens is 580 g/mol. The molecule has 7 heteroatoms. The maximum absolute atomic E-state index is 13.7. The highest BCUT2D eigenvalue weighted by Crippen LogP contribution is 2.48. The van der Waals surface area contributed by atoms with Crippen molar-refractivity contribution in [1.29, 1.82) is 0 Å². The summed E-state index contributed by atoms with van der Waals surface area (Å²) in [5.74, 6) is -0.680. The molecule has 4 amide bonds. The first kappa shape index (κ1) is 26.1. The van der Waals surface area contributed by atoms with Crippen molar-refractivity contribution in [2.75, 3.05) is 13.1 Å². The molecule has 6 nitrogen and oxygen atoms in total. The second kappa shape index (κ2) is 9.08. The van der Waals surface area contributed by atoms with Crippen molar-refractivity contribution in [1.82, 2.24) is 9.80 Å². The van der Waals surface area contributed by atoms with Crippen molar-refractivity contribution >= 4 is 82.6 Å². The minimum absolute atomic E-state index is 0.193. The predicted molar refractivity (Wildman–Crippen MR) is 165 cm³/mol. The largest absolute Gasteiger partial charge is 0.274 e. The van der Waals surface area contributed by atoms with Crippen LogP contribution in [-0.2, 0) is 0 Å². The number of hydrogen-bond donors (Lipinski definition) is 0. The quantitative estimate of drug-likeness (QED) is 0.112. The van der Waals surface area contributed by atoms with E-state index in [1.165, 1.54) is 9.80 Å². The van der Waals surface area contributed by atoms with Crippen LogP contribution in [0, 0.1) is 11.8 Å². The summed E-state index contributed by atoms with van der Waals surface area (Å²) in [7, 11) is 0. The number of carbonyl (C=O) groups excluding carboxylic acids is 4. The van der Waals surface area contributed by atoms with E-state index in [9.17, 15) is 19.2 Å². The minimum atomic E-state index is -0.277. The molecule has 0 bridgehead atoms. The van der Waals surface area contributed by atoms with E-state index in [2.05, 4.69) is 29.8 Å². The molecule has 41 heavy (non-hydrogen) atoms. The maximum atomic E-state index is 13.7. The van der Waals surface area contributed by atoms with Crippen molar-refractivity contribution in [3.8, 4) is 0 Å². The van der Waals surface area contributed by atoms with Crippen LogP contribution < -0.4 is 0 Å². The van der Waals surface area contributed by atoms with Gasteiger partial charge in [0.15, 0.2) is 0 Å². The summed E-state index contributed by atoms with van der Waals surface area (Å²) in [6.07, 6.45) is 1.74. The number of benzene rings is 5. The lowest BCUT2D eigenvalue weighted by atomic mass is 9.82. The summed E-state index contributed by atoms with van der Waals surface area (Å²) in [4.78, 5) is 57.5. The monoisotopic (exact) mass is 608 g/mol. The number of halogens is 1. The molecule has 0 N–H and O–H groups in total. The Labute approximate surface area is 245 Å². The lowest BCUT2D eigenvalue weighted by Crippen LogP contribution is -2.42. The Morgan fingerprint density at radius 1 is 0.561 bits per heavy atom. The molecule has 0 saturated carbocycles. The Kier molecular flexibility index (Phi) is 5.78. The molecule has 2 heterocycles.